The lowest BCUT2D eigenvalue weighted by Crippen LogP contribution is -2.02. The lowest BCUT2D eigenvalue weighted by molar-refractivity contribution is 0.974. The number of aromatic amines is 1. The van der Waals surface area contributed by atoms with Gasteiger partial charge in [0.2, 0.25) is 9.74 Å². The number of anilines is 1. The molecule has 1 heterocycles. The maximum absolute atomic E-state index is 5.41. The summed E-state index contributed by atoms with van der Waals surface area (Å²) in [6, 6.07) is 0. The van der Waals surface area contributed by atoms with Crippen molar-refractivity contribution < 1.29 is 0 Å². The summed E-state index contributed by atoms with van der Waals surface area (Å²) in [7, 11) is 0. The highest BCUT2D eigenvalue weighted by atomic mass is 35.6. The summed E-state index contributed by atoms with van der Waals surface area (Å²) in [6.45, 7) is 0. The monoisotopic (exact) mass is 200 g/mol. The van der Waals surface area contributed by atoms with Gasteiger partial charge in [-0.3, -0.25) is 5.10 Å². The van der Waals surface area contributed by atoms with Crippen molar-refractivity contribution in [2.45, 2.75) is 3.79 Å². The summed E-state index contributed by atoms with van der Waals surface area (Å²) in [4.78, 5) is 3.60. The lowest BCUT2D eigenvalue weighted by Gasteiger charge is -2.03. The predicted octanol–water partition coefficient (Wildman–Crippen LogP) is 1.21. The van der Waals surface area contributed by atoms with Gasteiger partial charge in [0.05, 0.1) is 0 Å². The Labute approximate surface area is 71.7 Å². The molecule has 1 rings (SSSR count). The third kappa shape index (κ3) is 1.65. The van der Waals surface area contributed by atoms with Gasteiger partial charge in [0.1, 0.15) is 0 Å². The van der Waals surface area contributed by atoms with Gasteiger partial charge in [-0.15, -0.1) is 5.10 Å². The third-order valence-electron chi connectivity index (χ3n) is 0.771. The van der Waals surface area contributed by atoms with Crippen molar-refractivity contribution in [2.75, 3.05) is 5.73 Å². The average molecular weight is 201 g/mol. The molecule has 0 aliphatic carbocycles. The molecule has 0 aliphatic rings. The number of rotatable bonds is 0. The van der Waals surface area contributed by atoms with E-state index in [9.17, 15) is 0 Å². The summed E-state index contributed by atoms with van der Waals surface area (Å²) >= 11 is 16.2. The Kier molecular flexibility index (Phi) is 1.94. The van der Waals surface area contributed by atoms with Crippen LogP contribution in [0.4, 0.5) is 5.95 Å². The highest BCUT2D eigenvalue weighted by molar-refractivity contribution is 6.66. The summed E-state index contributed by atoms with van der Waals surface area (Å²) in [5.41, 5.74) is 5.15. The molecule has 0 bridgehead atoms. The van der Waals surface area contributed by atoms with Crippen LogP contribution in [0.3, 0.4) is 0 Å². The van der Waals surface area contributed by atoms with Crippen LogP contribution in [0.1, 0.15) is 5.82 Å². The minimum Gasteiger partial charge on any atom is -0.367 e. The Balaban J connectivity index is 2.96. The van der Waals surface area contributed by atoms with Crippen LogP contribution in [-0.2, 0) is 3.79 Å². The van der Waals surface area contributed by atoms with Crippen molar-refractivity contribution in [2.24, 2.45) is 0 Å². The average Bonchev–Trinajstić information content (AvgIpc) is 2.11. The van der Waals surface area contributed by atoms with E-state index in [0.29, 0.717) is 0 Å². The van der Waals surface area contributed by atoms with Crippen LogP contribution in [0.15, 0.2) is 0 Å². The molecule has 56 valence electrons. The molecule has 0 saturated heterocycles. The van der Waals surface area contributed by atoms with Crippen molar-refractivity contribution >= 4 is 40.8 Å². The molecule has 0 fully saturated rings. The first-order valence-corrected chi connectivity index (χ1v) is 3.38. The Morgan fingerprint density at radius 1 is 1.40 bits per heavy atom. The highest BCUT2D eigenvalue weighted by Crippen LogP contribution is 2.35. The standard InChI is InChI=1S/C3H3Cl3N4/c4-3(5,6)1-8-2(7)10-9-1/h(H3,7,8,9,10). The van der Waals surface area contributed by atoms with E-state index in [-0.39, 0.29) is 11.8 Å². The molecule has 7 heteroatoms. The Morgan fingerprint density at radius 3 is 2.20 bits per heavy atom. The number of nitrogens with one attached hydrogen (secondary N) is 1. The predicted molar refractivity (Wildman–Crippen MR) is 40.0 cm³/mol. The largest absolute Gasteiger partial charge is 0.367 e. The molecule has 1 aromatic rings. The van der Waals surface area contributed by atoms with Gasteiger partial charge in [-0.05, 0) is 0 Å². The van der Waals surface area contributed by atoms with E-state index in [4.69, 9.17) is 40.5 Å². The molecule has 0 unspecified atom stereocenters. The van der Waals surface area contributed by atoms with Gasteiger partial charge in [-0.1, -0.05) is 34.8 Å². The molecule has 3 N–H and O–H groups in total. The van der Waals surface area contributed by atoms with Crippen LogP contribution in [0.25, 0.3) is 0 Å². The number of aromatic nitrogens is 3. The maximum atomic E-state index is 5.41. The maximum Gasteiger partial charge on any atom is 0.249 e. The van der Waals surface area contributed by atoms with Gasteiger partial charge in [0.15, 0.2) is 5.82 Å². The summed E-state index contributed by atoms with van der Waals surface area (Å²) < 4.78 is -1.58. The number of hydrogen-bond donors (Lipinski definition) is 2. The van der Waals surface area contributed by atoms with Gasteiger partial charge in [-0.25, -0.2) is 0 Å². The molecular weight excluding hydrogens is 198 g/mol. The second kappa shape index (κ2) is 2.45. The molecule has 4 nitrogen and oxygen atoms in total. The Bertz CT molecular complexity index is 226. The van der Waals surface area contributed by atoms with Gasteiger partial charge in [0.25, 0.3) is 0 Å². The van der Waals surface area contributed by atoms with E-state index in [2.05, 4.69) is 15.2 Å². The molecule has 0 atom stereocenters. The number of nitrogens with zero attached hydrogens (tertiary/aromatic N) is 2. The number of H-pyrrole nitrogens is 1. The third-order valence-corrected chi connectivity index (χ3v) is 1.31. The highest BCUT2D eigenvalue weighted by Gasteiger charge is 2.26. The number of hydrogen-bond acceptors (Lipinski definition) is 3. The zero-order chi connectivity index (χ0) is 7.78. The number of nitrogen functional groups attached to an aromatic ring is 1. The first kappa shape index (κ1) is 7.91. The van der Waals surface area contributed by atoms with Gasteiger partial charge in [0, 0.05) is 0 Å². The minimum atomic E-state index is -1.58. The Hall–Kier alpha value is -0.190. The second-order valence-electron chi connectivity index (χ2n) is 1.54. The topological polar surface area (TPSA) is 67.6 Å². The van der Waals surface area contributed by atoms with Gasteiger partial charge in [-0.2, -0.15) is 4.98 Å². The SMILES string of the molecule is Nc1n[nH]c(C(Cl)(Cl)Cl)n1. The van der Waals surface area contributed by atoms with Gasteiger partial charge >= 0.3 is 0 Å². The lowest BCUT2D eigenvalue weighted by atomic mass is 10.7. The molecule has 0 saturated carbocycles. The summed E-state index contributed by atoms with van der Waals surface area (Å²) in [6.07, 6.45) is 0. The van der Waals surface area contributed by atoms with E-state index < -0.39 is 3.79 Å². The van der Waals surface area contributed by atoms with Crippen molar-refractivity contribution in [1.82, 2.24) is 15.2 Å². The van der Waals surface area contributed by atoms with Crippen molar-refractivity contribution in [3.63, 3.8) is 0 Å². The van der Waals surface area contributed by atoms with Gasteiger partial charge < -0.3 is 5.73 Å². The van der Waals surface area contributed by atoms with E-state index >= 15 is 0 Å². The summed E-state index contributed by atoms with van der Waals surface area (Å²) in [5.74, 6) is 0.177. The fourth-order valence-electron chi connectivity index (χ4n) is 0.402. The molecule has 0 spiro atoms. The smallest absolute Gasteiger partial charge is 0.249 e. The zero-order valence-electron chi connectivity index (χ0n) is 4.61. The molecule has 0 amide bonds. The summed E-state index contributed by atoms with van der Waals surface area (Å²) in [5, 5.41) is 5.83. The van der Waals surface area contributed by atoms with Crippen LogP contribution in [0.5, 0.6) is 0 Å². The first-order chi connectivity index (χ1) is 4.50. The second-order valence-corrected chi connectivity index (χ2v) is 3.82. The molecule has 0 aromatic carbocycles. The minimum absolute atomic E-state index is 0.0568. The van der Waals surface area contributed by atoms with E-state index in [1.54, 1.807) is 0 Å². The van der Waals surface area contributed by atoms with Crippen LogP contribution in [0, 0.1) is 0 Å². The normalized spacial score (nSPS) is 11.9. The number of halogens is 3. The van der Waals surface area contributed by atoms with Crippen molar-refractivity contribution in [3.05, 3.63) is 5.82 Å². The van der Waals surface area contributed by atoms with Crippen LogP contribution in [0.2, 0.25) is 0 Å². The molecular formula is C3H3Cl3N4. The number of nitrogens with two attached hydrogens (primary N) is 1. The first-order valence-electron chi connectivity index (χ1n) is 2.25. The Morgan fingerprint density at radius 2 is 2.00 bits per heavy atom. The molecule has 0 radical (unpaired) electrons. The van der Waals surface area contributed by atoms with Crippen LogP contribution in [-0.4, -0.2) is 15.2 Å². The molecule has 1 aromatic heterocycles. The zero-order valence-corrected chi connectivity index (χ0v) is 6.87. The molecule has 10 heavy (non-hydrogen) atoms. The number of alkyl halides is 3. The van der Waals surface area contributed by atoms with Crippen molar-refractivity contribution in [1.29, 1.82) is 0 Å². The molecule has 0 aliphatic heterocycles. The van der Waals surface area contributed by atoms with E-state index in [0.717, 1.165) is 0 Å². The van der Waals surface area contributed by atoms with Crippen LogP contribution >= 0.6 is 34.8 Å². The quantitative estimate of drug-likeness (QED) is 0.620. The van der Waals surface area contributed by atoms with Crippen molar-refractivity contribution in [3.8, 4) is 0 Å². The fourth-order valence-corrected chi connectivity index (χ4v) is 0.655. The fraction of sp³-hybridized carbons (Fsp3) is 0.333. The van der Waals surface area contributed by atoms with E-state index in [1.807, 2.05) is 0 Å². The van der Waals surface area contributed by atoms with Crippen LogP contribution < -0.4 is 5.73 Å². The van der Waals surface area contributed by atoms with E-state index in [1.165, 1.54) is 0 Å².